The number of nitrogens with one attached hydrogen (secondary N) is 1. The minimum Gasteiger partial charge on any atom is -0.324 e. The van der Waals surface area contributed by atoms with Crippen LogP contribution in [0.3, 0.4) is 0 Å². The molecule has 1 N–H and O–H groups in total. The minimum absolute atomic E-state index is 0.350. The molecule has 0 radical (unpaired) electrons. The number of nitrogens with zero attached hydrogens (tertiary/aromatic N) is 2. The second kappa shape index (κ2) is 5.64. The van der Waals surface area contributed by atoms with Crippen molar-refractivity contribution < 1.29 is 9.18 Å². The first kappa shape index (κ1) is 13.9. The maximum Gasteiger partial charge on any atom is 0.267 e. The molecular formula is C14H14FN3O2. The van der Waals surface area contributed by atoms with Crippen molar-refractivity contribution in [2.24, 2.45) is 0 Å². The molecule has 6 heteroatoms. The summed E-state index contributed by atoms with van der Waals surface area (Å²) in [5.41, 5.74) is 0.757. The number of carbonyl (C=O) groups is 1. The van der Waals surface area contributed by atoms with E-state index in [-0.39, 0.29) is 11.4 Å². The SMILES string of the molecule is Cc1ccc(=O)n(C(C)C(=O)Nc2ccc(F)cc2)n1. The van der Waals surface area contributed by atoms with Crippen molar-refractivity contribution in [3.63, 3.8) is 0 Å². The Morgan fingerprint density at radius 2 is 1.90 bits per heavy atom. The van der Waals surface area contributed by atoms with E-state index < -0.39 is 11.9 Å². The number of carbonyl (C=O) groups excluding carboxylic acids is 1. The predicted molar refractivity (Wildman–Crippen MR) is 73.0 cm³/mol. The molecule has 2 aromatic rings. The lowest BCUT2D eigenvalue weighted by Gasteiger charge is -2.14. The summed E-state index contributed by atoms with van der Waals surface area (Å²) in [6.07, 6.45) is 0. The lowest BCUT2D eigenvalue weighted by Crippen LogP contribution is -2.33. The van der Waals surface area contributed by atoms with Gasteiger partial charge in [0, 0.05) is 11.8 Å². The average molecular weight is 275 g/mol. The maximum atomic E-state index is 12.8. The molecule has 1 amide bonds. The third kappa shape index (κ3) is 3.09. The molecular weight excluding hydrogens is 261 g/mol. The van der Waals surface area contributed by atoms with E-state index in [1.54, 1.807) is 19.9 Å². The van der Waals surface area contributed by atoms with Crippen molar-refractivity contribution in [1.82, 2.24) is 9.78 Å². The number of rotatable bonds is 3. The van der Waals surface area contributed by atoms with Crippen LogP contribution in [0.25, 0.3) is 0 Å². The van der Waals surface area contributed by atoms with Gasteiger partial charge in [-0.05, 0) is 44.2 Å². The van der Waals surface area contributed by atoms with Gasteiger partial charge in [-0.2, -0.15) is 5.10 Å². The molecule has 1 aromatic heterocycles. The zero-order valence-corrected chi connectivity index (χ0v) is 11.1. The Morgan fingerprint density at radius 3 is 2.55 bits per heavy atom. The first-order valence-corrected chi connectivity index (χ1v) is 6.10. The fourth-order valence-electron chi connectivity index (χ4n) is 1.69. The first-order valence-electron chi connectivity index (χ1n) is 6.10. The number of hydrogen-bond acceptors (Lipinski definition) is 3. The molecule has 0 saturated heterocycles. The largest absolute Gasteiger partial charge is 0.324 e. The highest BCUT2D eigenvalue weighted by atomic mass is 19.1. The molecule has 0 aliphatic rings. The van der Waals surface area contributed by atoms with Gasteiger partial charge in [-0.15, -0.1) is 0 Å². The van der Waals surface area contributed by atoms with Gasteiger partial charge in [-0.25, -0.2) is 9.07 Å². The summed E-state index contributed by atoms with van der Waals surface area (Å²) < 4.78 is 13.9. The van der Waals surface area contributed by atoms with Crippen molar-refractivity contribution in [1.29, 1.82) is 0 Å². The molecule has 0 fully saturated rings. The predicted octanol–water partition coefficient (Wildman–Crippen LogP) is 1.89. The highest BCUT2D eigenvalue weighted by Gasteiger charge is 2.17. The lowest BCUT2D eigenvalue weighted by molar-refractivity contribution is -0.119. The lowest BCUT2D eigenvalue weighted by atomic mass is 10.2. The summed E-state index contributed by atoms with van der Waals surface area (Å²) in [7, 11) is 0. The third-order valence-corrected chi connectivity index (χ3v) is 2.82. The number of amides is 1. The van der Waals surface area contributed by atoms with Gasteiger partial charge in [-0.3, -0.25) is 9.59 Å². The summed E-state index contributed by atoms with van der Waals surface area (Å²) in [5.74, 6) is -0.774. The number of aromatic nitrogens is 2. The van der Waals surface area contributed by atoms with Crippen LogP contribution in [0.1, 0.15) is 18.7 Å². The molecule has 0 saturated carbocycles. The van der Waals surface area contributed by atoms with Gasteiger partial charge in [0.2, 0.25) is 5.91 Å². The van der Waals surface area contributed by atoms with E-state index in [9.17, 15) is 14.0 Å². The van der Waals surface area contributed by atoms with Crippen LogP contribution in [0.15, 0.2) is 41.2 Å². The van der Waals surface area contributed by atoms with E-state index in [2.05, 4.69) is 10.4 Å². The van der Waals surface area contributed by atoms with Crippen molar-refractivity contribution in [2.45, 2.75) is 19.9 Å². The average Bonchev–Trinajstić information content (AvgIpc) is 2.43. The van der Waals surface area contributed by atoms with E-state index in [1.807, 2.05) is 0 Å². The number of benzene rings is 1. The van der Waals surface area contributed by atoms with Gasteiger partial charge >= 0.3 is 0 Å². The third-order valence-electron chi connectivity index (χ3n) is 2.82. The molecule has 20 heavy (non-hydrogen) atoms. The highest BCUT2D eigenvalue weighted by Crippen LogP contribution is 2.11. The summed E-state index contributed by atoms with van der Waals surface area (Å²) >= 11 is 0. The fourth-order valence-corrected chi connectivity index (χ4v) is 1.69. The Kier molecular flexibility index (Phi) is 3.93. The van der Waals surface area contributed by atoms with Crippen molar-refractivity contribution in [3.8, 4) is 0 Å². The Bertz CT molecular complexity index is 680. The van der Waals surface area contributed by atoms with Crippen LogP contribution in [-0.4, -0.2) is 15.7 Å². The zero-order valence-electron chi connectivity index (χ0n) is 11.1. The van der Waals surface area contributed by atoms with E-state index in [0.717, 1.165) is 4.68 Å². The molecule has 1 atom stereocenters. The van der Waals surface area contributed by atoms with Gasteiger partial charge in [0.15, 0.2) is 0 Å². The zero-order chi connectivity index (χ0) is 14.7. The minimum atomic E-state index is -0.757. The monoisotopic (exact) mass is 275 g/mol. The Morgan fingerprint density at radius 1 is 1.25 bits per heavy atom. The second-order valence-corrected chi connectivity index (χ2v) is 4.43. The van der Waals surface area contributed by atoms with Gasteiger partial charge in [0.1, 0.15) is 11.9 Å². The smallest absolute Gasteiger partial charge is 0.267 e. The van der Waals surface area contributed by atoms with Crippen molar-refractivity contribution in [2.75, 3.05) is 5.32 Å². The van der Waals surface area contributed by atoms with Crippen LogP contribution in [0.5, 0.6) is 0 Å². The standard InChI is InChI=1S/C14H14FN3O2/c1-9-3-8-13(19)18(17-9)10(2)14(20)16-12-6-4-11(15)5-7-12/h3-8,10H,1-2H3,(H,16,20). The first-order chi connectivity index (χ1) is 9.47. The van der Waals surface area contributed by atoms with E-state index in [0.29, 0.717) is 11.4 Å². The molecule has 2 rings (SSSR count). The summed E-state index contributed by atoms with van der Waals surface area (Å²) in [6, 6.07) is 7.59. The Balaban J connectivity index is 2.18. The number of hydrogen-bond donors (Lipinski definition) is 1. The van der Waals surface area contributed by atoms with Crippen molar-refractivity contribution in [3.05, 3.63) is 58.3 Å². The van der Waals surface area contributed by atoms with Crippen LogP contribution in [0.2, 0.25) is 0 Å². The summed E-state index contributed by atoms with van der Waals surface area (Å²) in [5, 5.41) is 6.64. The van der Waals surface area contributed by atoms with E-state index in [1.165, 1.54) is 30.3 Å². The van der Waals surface area contributed by atoms with Crippen LogP contribution in [-0.2, 0) is 4.79 Å². The highest BCUT2D eigenvalue weighted by molar-refractivity contribution is 5.93. The maximum absolute atomic E-state index is 12.8. The molecule has 0 aliphatic carbocycles. The van der Waals surface area contributed by atoms with Crippen molar-refractivity contribution >= 4 is 11.6 Å². The second-order valence-electron chi connectivity index (χ2n) is 4.43. The van der Waals surface area contributed by atoms with Crippen LogP contribution >= 0.6 is 0 Å². The summed E-state index contributed by atoms with van der Waals surface area (Å²) in [4.78, 5) is 23.7. The van der Waals surface area contributed by atoms with Gasteiger partial charge in [-0.1, -0.05) is 0 Å². The summed E-state index contributed by atoms with van der Waals surface area (Å²) in [6.45, 7) is 3.31. The van der Waals surface area contributed by atoms with E-state index in [4.69, 9.17) is 0 Å². The quantitative estimate of drug-likeness (QED) is 0.930. The Hall–Kier alpha value is -2.50. The topological polar surface area (TPSA) is 64.0 Å². The Labute approximate surface area is 115 Å². The fraction of sp³-hybridized carbons (Fsp3) is 0.214. The van der Waals surface area contributed by atoms with E-state index >= 15 is 0 Å². The molecule has 1 unspecified atom stereocenters. The molecule has 1 aromatic carbocycles. The molecule has 1 heterocycles. The molecule has 0 spiro atoms. The van der Waals surface area contributed by atoms with Gasteiger partial charge < -0.3 is 5.32 Å². The molecule has 0 bridgehead atoms. The molecule has 104 valence electrons. The number of aryl methyl sites for hydroxylation is 1. The van der Waals surface area contributed by atoms with Crippen LogP contribution < -0.4 is 10.9 Å². The normalized spacial score (nSPS) is 11.9. The van der Waals surface area contributed by atoms with Gasteiger partial charge in [0.05, 0.1) is 5.69 Å². The van der Waals surface area contributed by atoms with Gasteiger partial charge in [0.25, 0.3) is 5.56 Å². The number of halogens is 1. The van der Waals surface area contributed by atoms with Crippen LogP contribution in [0, 0.1) is 12.7 Å². The van der Waals surface area contributed by atoms with Crippen LogP contribution in [0.4, 0.5) is 10.1 Å². The molecule has 0 aliphatic heterocycles. The molecule has 5 nitrogen and oxygen atoms in total. The number of anilines is 1.